The molecule has 0 saturated carbocycles. The molecule has 1 unspecified atom stereocenters. The van der Waals surface area contributed by atoms with Crippen molar-refractivity contribution in [3.8, 4) is 11.3 Å². The number of benzene rings is 2. The highest BCUT2D eigenvalue weighted by atomic mass is 16.2. The maximum Gasteiger partial charge on any atom is 0.225 e. The van der Waals surface area contributed by atoms with Gasteiger partial charge in [0, 0.05) is 25.6 Å². The molecule has 1 saturated heterocycles. The number of amides is 2. The number of likely N-dealkylation sites (tertiary alicyclic amines) is 1. The molecule has 0 bridgehead atoms. The Kier molecular flexibility index (Phi) is 7.95. The van der Waals surface area contributed by atoms with Gasteiger partial charge in [0.1, 0.15) is 5.82 Å². The van der Waals surface area contributed by atoms with Gasteiger partial charge < -0.3 is 20.5 Å². The highest BCUT2D eigenvalue weighted by molar-refractivity contribution is 5.86. The fourth-order valence-electron chi connectivity index (χ4n) is 4.67. The molecule has 2 heterocycles. The normalized spacial score (nSPS) is 17.1. The van der Waals surface area contributed by atoms with Gasteiger partial charge in [0.05, 0.1) is 23.9 Å². The standard InChI is InChI=1S/C27H35N5O2/c1-28-25(33)11-5-3-4-10-23(31-27(34)22-14-15-32(2)18-22)26-29-17-24(30-26)21-13-12-19-8-6-7-9-20(19)16-21/h6-9,12-13,16-17,22-23H,3-5,10-11,14-15,18H2,1-2H3,(H,28,33)(H,29,30)(H,31,34)/t22?,23-/m0/s1. The molecular formula is C27H35N5O2. The predicted octanol–water partition coefficient (Wildman–Crippen LogP) is 4.04. The molecule has 0 radical (unpaired) electrons. The molecule has 4 rings (SSSR count). The Bertz CT molecular complexity index is 1120. The van der Waals surface area contributed by atoms with E-state index < -0.39 is 0 Å². The minimum absolute atomic E-state index is 0.0238. The van der Waals surface area contributed by atoms with Crippen LogP contribution in [0.25, 0.3) is 22.0 Å². The molecule has 3 N–H and O–H groups in total. The zero-order chi connectivity index (χ0) is 23.9. The zero-order valence-corrected chi connectivity index (χ0v) is 20.1. The van der Waals surface area contributed by atoms with E-state index >= 15 is 0 Å². The molecule has 1 aromatic heterocycles. The Morgan fingerprint density at radius 1 is 1.15 bits per heavy atom. The van der Waals surface area contributed by atoms with Gasteiger partial charge in [-0.2, -0.15) is 0 Å². The number of unbranched alkanes of at least 4 members (excludes halogenated alkanes) is 2. The first kappa shape index (κ1) is 24.0. The Morgan fingerprint density at radius 3 is 2.74 bits per heavy atom. The molecule has 1 fully saturated rings. The summed E-state index contributed by atoms with van der Waals surface area (Å²) >= 11 is 0. The molecule has 34 heavy (non-hydrogen) atoms. The van der Waals surface area contributed by atoms with Crippen molar-refractivity contribution < 1.29 is 9.59 Å². The van der Waals surface area contributed by atoms with Crippen LogP contribution in [0.5, 0.6) is 0 Å². The lowest BCUT2D eigenvalue weighted by atomic mass is 10.0. The summed E-state index contributed by atoms with van der Waals surface area (Å²) in [6.07, 6.45) is 6.76. The second-order valence-corrected chi connectivity index (χ2v) is 9.33. The van der Waals surface area contributed by atoms with Crippen molar-refractivity contribution in [2.45, 2.75) is 44.6 Å². The van der Waals surface area contributed by atoms with Crippen molar-refractivity contribution in [1.29, 1.82) is 0 Å². The van der Waals surface area contributed by atoms with Gasteiger partial charge in [-0.1, -0.05) is 49.2 Å². The van der Waals surface area contributed by atoms with Crippen LogP contribution < -0.4 is 10.6 Å². The molecule has 0 spiro atoms. The summed E-state index contributed by atoms with van der Waals surface area (Å²) in [6.45, 7) is 1.75. The summed E-state index contributed by atoms with van der Waals surface area (Å²) in [6, 6.07) is 14.5. The molecule has 3 aromatic rings. The van der Waals surface area contributed by atoms with Crippen molar-refractivity contribution in [2.24, 2.45) is 5.92 Å². The summed E-state index contributed by atoms with van der Waals surface area (Å²) in [5, 5.41) is 8.31. The smallest absolute Gasteiger partial charge is 0.225 e. The van der Waals surface area contributed by atoms with E-state index in [4.69, 9.17) is 0 Å². The number of carbonyl (C=O) groups excluding carboxylic acids is 2. The second-order valence-electron chi connectivity index (χ2n) is 9.33. The van der Waals surface area contributed by atoms with Crippen LogP contribution in [-0.2, 0) is 9.59 Å². The van der Waals surface area contributed by atoms with Crippen molar-refractivity contribution in [2.75, 3.05) is 27.2 Å². The van der Waals surface area contributed by atoms with E-state index in [0.717, 1.165) is 62.3 Å². The molecule has 2 amide bonds. The highest BCUT2D eigenvalue weighted by Crippen LogP contribution is 2.26. The van der Waals surface area contributed by atoms with E-state index in [2.05, 4.69) is 62.9 Å². The van der Waals surface area contributed by atoms with Crippen LogP contribution in [0.1, 0.15) is 50.4 Å². The van der Waals surface area contributed by atoms with Crippen LogP contribution in [0.3, 0.4) is 0 Å². The number of H-pyrrole nitrogens is 1. The van der Waals surface area contributed by atoms with Crippen LogP contribution in [0.2, 0.25) is 0 Å². The second kappa shape index (κ2) is 11.3. The summed E-state index contributed by atoms with van der Waals surface area (Å²) < 4.78 is 0. The number of hydrogen-bond acceptors (Lipinski definition) is 4. The first-order chi connectivity index (χ1) is 16.5. The Balaban J connectivity index is 1.46. The van der Waals surface area contributed by atoms with Gasteiger partial charge in [-0.15, -0.1) is 0 Å². The van der Waals surface area contributed by atoms with Gasteiger partial charge in [-0.25, -0.2) is 4.98 Å². The predicted molar refractivity (Wildman–Crippen MR) is 135 cm³/mol. The summed E-state index contributed by atoms with van der Waals surface area (Å²) in [7, 11) is 3.72. The zero-order valence-electron chi connectivity index (χ0n) is 20.1. The van der Waals surface area contributed by atoms with E-state index in [1.165, 1.54) is 10.8 Å². The molecular weight excluding hydrogens is 426 g/mol. The average molecular weight is 462 g/mol. The van der Waals surface area contributed by atoms with E-state index in [1.54, 1.807) is 7.05 Å². The van der Waals surface area contributed by atoms with Gasteiger partial charge >= 0.3 is 0 Å². The van der Waals surface area contributed by atoms with Crippen molar-refractivity contribution >= 4 is 22.6 Å². The van der Waals surface area contributed by atoms with Crippen LogP contribution in [-0.4, -0.2) is 53.9 Å². The maximum absolute atomic E-state index is 13.0. The lowest BCUT2D eigenvalue weighted by Crippen LogP contribution is -2.35. The molecule has 180 valence electrons. The maximum atomic E-state index is 13.0. The number of nitrogens with zero attached hydrogens (tertiary/aromatic N) is 2. The number of nitrogens with one attached hydrogen (secondary N) is 3. The largest absolute Gasteiger partial charge is 0.359 e. The Morgan fingerprint density at radius 2 is 1.97 bits per heavy atom. The fourth-order valence-corrected chi connectivity index (χ4v) is 4.67. The van der Waals surface area contributed by atoms with E-state index in [9.17, 15) is 9.59 Å². The number of hydrogen-bond donors (Lipinski definition) is 3. The molecule has 7 nitrogen and oxygen atoms in total. The number of imidazole rings is 1. The van der Waals surface area contributed by atoms with Gasteiger partial charge in [-0.05, 0) is 49.7 Å². The third-order valence-corrected chi connectivity index (χ3v) is 6.74. The fraction of sp³-hybridized carbons (Fsp3) is 0.444. The molecule has 2 aromatic carbocycles. The Hall–Kier alpha value is -3.19. The lowest BCUT2D eigenvalue weighted by Gasteiger charge is -2.19. The van der Waals surface area contributed by atoms with Crippen LogP contribution in [0.4, 0.5) is 0 Å². The monoisotopic (exact) mass is 461 g/mol. The molecule has 7 heteroatoms. The van der Waals surface area contributed by atoms with Gasteiger partial charge in [0.15, 0.2) is 0 Å². The van der Waals surface area contributed by atoms with Crippen LogP contribution >= 0.6 is 0 Å². The molecule has 1 aliphatic heterocycles. The van der Waals surface area contributed by atoms with E-state index in [0.29, 0.717) is 6.42 Å². The van der Waals surface area contributed by atoms with Gasteiger partial charge in [0.25, 0.3) is 0 Å². The number of fused-ring (bicyclic) bond motifs is 1. The SMILES string of the molecule is CNC(=O)CCCCC[C@H](NC(=O)C1CCN(C)C1)c1ncc(-c2ccc3ccccc3c2)[nH]1. The Labute approximate surface area is 201 Å². The minimum Gasteiger partial charge on any atom is -0.359 e. The van der Waals surface area contributed by atoms with Crippen molar-refractivity contribution in [1.82, 2.24) is 25.5 Å². The quantitative estimate of drug-likeness (QED) is 0.398. The molecule has 1 aliphatic rings. The lowest BCUT2D eigenvalue weighted by molar-refractivity contribution is -0.125. The van der Waals surface area contributed by atoms with E-state index in [1.807, 2.05) is 18.3 Å². The minimum atomic E-state index is -0.174. The average Bonchev–Trinajstić information content (AvgIpc) is 3.52. The topological polar surface area (TPSA) is 90.1 Å². The molecule has 0 aliphatic carbocycles. The van der Waals surface area contributed by atoms with Crippen LogP contribution in [0, 0.1) is 5.92 Å². The highest BCUT2D eigenvalue weighted by Gasteiger charge is 2.28. The molecule has 2 atom stereocenters. The number of aromatic amines is 1. The van der Waals surface area contributed by atoms with E-state index in [-0.39, 0.29) is 23.8 Å². The third kappa shape index (κ3) is 6.03. The van der Waals surface area contributed by atoms with Gasteiger partial charge in [-0.3, -0.25) is 9.59 Å². The van der Waals surface area contributed by atoms with Crippen molar-refractivity contribution in [3.63, 3.8) is 0 Å². The van der Waals surface area contributed by atoms with Gasteiger partial charge in [0.2, 0.25) is 11.8 Å². The summed E-state index contributed by atoms with van der Waals surface area (Å²) in [5.41, 5.74) is 2.02. The number of aromatic nitrogens is 2. The number of carbonyl (C=O) groups is 2. The summed E-state index contributed by atoms with van der Waals surface area (Å²) in [5.74, 6) is 0.981. The van der Waals surface area contributed by atoms with Crippen molar-refractivity contribution in [3.05, 3.63) is 54.5 Å². The van der Waals surface area contributed by atoms with Crippen LogP contribution in [0.15, 0.2) is 48.7 Å². The number of rotatable bonds is 10. The first-order valence-electron chi connectivity index (χ1n) is 12.3. The first-order valence-corrected chi connectivity index (χ1v) is 12.3. The third-order valence-electron chi connectivity index (χ3n) is 6.74. The summed E-state index contributed by atoms with van der Waals surface area (Å²) in [4.78, 5) is 34.8.